The van der Waals surface area contributed by atoms with Crippen LogP contribution in [0.3, 0.4) is 0 Å². The molecule has 0 amide bonds. The molecule has 0 radical (unpaired) electrons. The van der Waals surface area contributed by atoms with Crippen LogP contribution in [0.15, 0.2) is 35.0 Å². The smallest absolute Gasteiger partial charge is 0.120 e. The molecule has 3 N–H and O–H groups in total. The number of rotatable bonds is 6. The average molecular weight is 306 g/mol. The maximum absolute atomic E-state index is 5.77. The second kappa shape index (κ2) is 6.72. The van der Waals surface area contributed by atoms with Gasteiger partial charge in [-0.1, -0.05) is 12.2 Å². The Balaban J connectivity index is 2.16. The molecule has 0 aliphatic carbocycles. The largest absolute Gasteiger partial charge is 0.497 e. The first-order chi connectivity index (χ1) is 9.60. The summed E-state index contributed by atoms with van der Waals surface area (Å²) in [5.41, 5.74) is 8.86. The number of methoxy groups -OCH3 is 1. The molecule has 0 fully saturated rings. The molecule has 106 valence electrons. The average Bonchev–Trinajstić information content (AvgIpc) is 2.90. The van der Waals surface area contributed by atoms with Crippen LogP contribution in [0, 0.1) is 0 Å². The Morgan fingerprint density at radius 3 is 2.85 bits per heavy atom. The van der Waals surface area contributed by atoms with Gasteiger partial charge in [-0.05, 0) is 47.9 Å². The van der Waals surface area contributed by atoms with Gasteiger partial charge < -0.3 is 15.8 Å². The fourth-order valence-corrected chi connectivity index (χ4v) is 2.92. The molecule has 0 aliphatic rings. The number of hydrogen-bond acceptors (Lipinski definition) is 4. The standard InChI is InChI=1S/C15H18N2OS2/c1-10(7-11-5-6-20-9-11)17-14-8-12(18-2)3-4-13(14)15(16)19/h3-6,8-10,17H,7H2,1-2H3,(H2,16,19). The summed E-state index contributed by atoms with van der Waals surface area (Å²) in [6, 6.07) is 8.11. The third-order valence-electron chi connectivity index (χ3n) is 3.02. The number of nitrogens with one attached hydrogen (secondary N) is 1. The van der Waals surface area contributed by atoms with E-state index in [1.54, 1.807) is 18.4 Å². The zero-order valence-electron chi connectivity index (χ0n) is 11.6. The van der Waals surface area contributed by atoms with Crippen molar-refractivity contribution in [1.29, 1.82) is 0 Å². The monoisotopic (exact) mass is 306 g/mol. The molecule has 1 aromatic heterocycles. The summed E-state index contributed by atoms with van der Waals surface area (Å²) in [6.07, 6.45) is 0.956. The minimum Gasteiger partial charge on any atom is -0.497 e. The first kappa shape index (κ1) is 14.8. The molecule has 0 saturated carbocycles. The van der Waals surface area contributed by atoms with Crippen LogP contribution >= 0.6 is 23.6 Å². The second-order valence-corrected chi connectivity index (χ2v) is 5.88. The van der Waals surface area contributed by atoms with Gasteiger partial charge in [0.1, 0.15) is 10.7 Å². The van der Waals surface area contributed by atoms with Gasteiger partial charge in [0.05, 0.1) is 7.11 Å². The van der Waals surface area contributed by atoms with Gasteiger partial charge in [-0.25, -0.2) is 0 Å². The Morgan fingerprint density at radius 2 is 2.25 bits per heavy atom. The summed E-state index contributed by atoms with van der Waals surface area (Å²) in [7, 11) is 1.65. The minimum absolute atomic E-state index is 0.282. The van der Waals surface area contributed by atoms with Gasteiger partial charge in [0.2, 0.25) is 0 Å². The number of hydrogen-bond donors (Lipinski definition) is 2. The maximum Gasteiger partial charge on any atom is 0.120 e. The van der Waals surface area contributed by atoms with Crippen molar-refractivity contribution >= 4 is 34.2 Å². The first-order valence-corrected chi connectivity index (χ1v) is 7.70. The van der Waals surface area contributed by atoms with Crippen LogP contribution in [-0.4, -0.2) is 18.1 Å². The first-order valence-electron chi connectivity index (χ1n) is 6.35. The Kier molecular flexibility index (Phi) is 4.98. The van der Waals surface area contributed by atoms with Crippen LogP contribution in [0.4, 0.5) is 5.69 Å². The minimum atomic E-state index is 0.282. The van der Waals surface area contributed by atoms with E-state index in [1.807, 2.05) is 18.2 Å². The lowest BCUT2D eigenvalue weighted by Crippen LogP contribution is -2.21. The summed E-state index contributed by atoms with van der Waals surface area (Å²) < 4.78 is 5.25. The van der Waals surface area contributed by atoms with Crippen molar-refractivity contribution < 1.29 is 4.74 Å². The van der Waals surface area contributed by atoms with Gasteiger partial charge in [0, 0.05) is 23.4 Å². The number of thiophene rings is 1. The predicted molar refractivity (Wildman–Crippen MR) is 90.0 cm³/mol. The van der Waals surface area contributed by atoms with Crippen LogP contribution in [0.25, 0.3) is 0 Å². The maximum atomic E-state index is 5.77. The van der Waals surface area contributed by atoms with Crippen molar-refractivity contribution in [1.82, 2.24) is 0 Å². The molecule has 1 heterocycles. The number of benzene rings is 1. The zero-order valence-corrected chi connectivity index (χ0v) is 13.2. The molecule has 1 atom stereocenters. The summed E-state index contributed by atoms with van der Waals surface area (Å²) in [4.78, 5) is 0.387. The van der Waals surface area contributed by atoms with E-state index in [9.17, 15) is 0 Å². The topological polar surface area (TPSA) is 47.3 Å². The summed E-state index contributed by atoms with van der Waals surface area (Å²) >= 11 is 6.81. The van der Waals surface area contributed by atoms with Crippen LogP contribution in [0.1, 0.15) is 18.1 Å². The van der Waals surface area contributed by atoms with Gasteiger partial charge >= 0.3 is 0 Å². The van der Waals surface area contributed by atoms with Crippen LogP contribution < -0.4 is 15.8 Å². The molecule has 2 aromatic rings. The van der Waals surface area contributed by atoms with E-state index in [4.69, 9.17) is 22.7 Å². The van der Waals surface area contributed by atoms with E-state index in [0.717, 1.165) is 23.4 Å². The summed E-state index contributed by atoms with van der Waals surface area (Å²) in [6.45, 7) is 2.14. The van der Waals surface area contributed by atoms with E-state index in [1.165, 1.54) is 5.56 Å². The Morgan fingerprint density at radius 1 is 1.45 bits per heavy atom. The Hall–Kier alpha value is -1.59. The van der Waals surface area contributed by atoms with E-state index < -0.39 is 0 Å². The van der Waals surface area contributed by atoms with Gasteiger partial charge in [-0.2, -0.15) is 11.3 Å². The number of anilines is 1. The van der Waals surface area contributed by atoms with Crippen molar-refractivity contribution in [3.8, 4) is 5.75 Å². The second-order valence-electron chi connectivity index (χ2n) is 4.66. The SMILES string of the molecule is COc1ccc(C(N)=S)c(NC(C)Cc2ccsc2)c1. The zero-order chi connectivity index (χ0) is 14.5. The van der Waals surface area contributed by atoms with E-state index in [0.29, 0.717) is 4.99 Å². The lowest BCUT2D eigenvalue weighted by atomic mass is 10.1. The fourth-order valence-electron chi connectivity index (χ4n) is 2.06. The van der Waals surface area contributed by atoms with Gasteiger partial charge in [-0.15, -0.1) is 0 Å². The van der Waals surface area contributed by atoms with E-state index in [2.05, 4.69) is 29.1 Å². The van der Waals surface area contributed by atoms with Crippen molar-refractivity contribution in [3.63, 3.8) is 0 Å². The number of nitrogens with two attached hydrogens (primary N) is 1. The molecule has 0 spiro atoms. The van der Waals surface area contributed by atoms with Crippen molar-refractivity contribution in [2.45, 2.75) is 19.4 Å². The van der Waals surface area contributed by atoms with Crippen LogP contribution in [0.5, 0.6) is 5.75 Å². The van der Waals surface area contributed by atoms with Crippen LogP contribution in [0.2, 0.25) is 0 Å². The van der Waals surface area contributed by atoms with Crippen LogP contribution in [-0.2, 0) is 6.42 Å². The molecular weight excluding hydrogens is 288 g/mol. The van der Waals surface area contributed by atoms with Crippen molar-refractivity contribution in [2.75, 3.05) is 12.4 Å². The van der Waals surface area contributed by atoms with E-state index >= 15 is 0 Å². The molecule has 0 aliphatic heterocycles. The molecule has 1 unspecified atom stereocenters. The highest BCUT2D eigenvalue weighted by Crippen LogP contribution is 2.24. The molecular formula is C15H18N2OS2. The summed E-state index contributed by atoms with van der Waals surface area (Å²) in [5, 5.41) is 7.72. The lowest BCUT2D eigenvalue weighted by Gasteiger charge is -2.18. The quantitative estimate of drug-likeness (QED) is 0.803. The molecule has 0 saturated heterocycles. The normalized spacial score (nSPS) is 11.9. The van der Waals surface area contributed by atoms with Gasteiger partial charge in [0.15, 0.2) is 0 Å². The lowest BCUT2D eigenvalue weighted by molar-refractivity contribution is 0.415. The molecule has 5 heteroatoms. The predicted octanol–water partition coefficient (Wildman–Crippen LogP) is 3.43. The van der Waals surface area contributed by atoms with Crippen molar-refractivity contribution in [3.05, 3.63) is 46.2 Å². The highest BCUT2D eigenvalue weighted by Gasteiger charge is 2.10. The molecule has 20 heavy (non-hydrogen) atoms. The molecule has 3 nitrogen and oxygen atoms in total. The number of ether oxygens (including phenoxy) is 1. The molecule has 2 rings (SSSR count). The Labute approximate surface area is 128 Å². The van der Waals surface area contributed by atoms with Gasteiger partial charge in [0.25, 0.3) is 0 Å². The third-order valence-corrected chi connectivity index (χ3v) is 3.97. The summed E-state index contributed by atoms with van der Waals surface area (Å²) in [5.74, 6) is 0.787. The number of thiocarbonyl (C=S) groups is 1. The van der Waals surface area contributed by atoms with E-state index in [-0.39, 0.29) is 6.04 Å². The van der Waals surface area contributed by atoms with Gasteiger partial charge in [-0.3, -0.25) is 0 Å². The molecule has 1 aromatic carbocycles. The third kappa shape index (κ3) is 3.71. The molecule has 0 bridgehead atoms. The highest BCUT2D eigenvalue weighted by molar-refractivity contribution is 7.80. The highest BCUT2D eigenvalue weighted by atomic mass is 32.1. The van der Waals surface area contributed by atoms with Crippen molar-refractivity contribution in [2.24, 2.45) is 5.73 Å². The Bertz CT molecular complexity index is 582. The fraction of sp³-hybridized carbons (Fsp3) is 0.267.